The number of nitrogens with zero attached hydrogens (tertiary/aromatic N) is 1. The Bertz CT molecular complexity index is 845. The predicted octanol–water partition coefficient (Wildman–Crippen LogP) is 3.89. The number of Topliss-reactive ketones (excluding diaryl/α,β-unsaturated/α-hetero) is 2. The molecule has 0 saturated heterocycles. The number of hydrogen-bond acceptors (Lipinski definition) is 5. The van der Waals surface area contributed by atoms with Crippen LogP contribution in [0.1, 0.15) is 61.4 Å². The first-order valence-electron chi connectivity index (χ1n) is 9.77. The Balaban J connectivity index is 2.07. The maximum Gasteiger partial charge on any atom is 0.324 e. The zero-order valence-corrected chi connectivity index (χ0v) is 18.7. The Morgan fingerprint density at radius 3 is 2.71 bits per heavy atom. The molecule has 0 aromatic heterocycles. The number of carbonyl (C=O) groups excluding carboxylic acids is 3. The molecule has 6 heteroatoms. The van der Waals surface area contributed by atoms with E-state index in [9.17, 15) is 14.4 Å². The second kappa shape index (κ2) is 8.86. The van der Waals surface area contributed by atoms with E-state index in [0.29, 0.717) is 24.3 Å². The Morgan fingerprint density at radius 1 is 1.25 bits per heavy atom. The van der Waals surface area contributed by atoms with Crippen LogP contribution < -0.4 is 0 Å². The van der Waals surface area contributed by atoms with Crippen molar-refractivity contribution in [3.05, 3.63) is 44.0 Å². The molecule has 1 aliphatic heterocycles. The van der Waals surface area contributed by atoms with Gasteiger partial charge in [0.2, 0.25) is 0 Å². The van der Waals surface area contributed by atoms with E-state index in [0.717, 1.165) is 34.0 Å². The summed E-state index contributed by atoms with van der Waals surface area (Å²) in [6, 6.07) is 4.98. The molecule has 2 unspecified atom stereocenters. The van der Waals surface area contributed by atoms with Gasteiger partial charge in [-0.05, 0) is 60.7 Å². The molecule has 0 N–H and O–H groups in total. The highest BCUT2D eigenvalue weighted by Crippen LogP contribution is 2.42. The summed E-state index contributed by atoms with van der Waals surface area (Å²) in [6.45, 7) is 4.92. The SMILES string of the molecule is CCCCCOC(=O)C1C2C(=C(C)CN1C)C(=O)CC(=O)c1ccc(I)cc12. The normalized spacial score (nSPS) is 22.6. The maximum atomic E-state index is 13.0. The molecule has 0 fully saturated rings. The summed E-state index contributed by atoms with van der Waals surface area (Å²) < 4.78 is 6.56. The summed E-state index contributed by atoms with van der Waals surface area (Å²) in [7, 11) is 1.88. The zero-order chi connectivity index (χ0) is 20.4. The van der Waals surface area contributed by atoms with Crippen molar-refractivity contribution in [1.29, 1.82) is 0 Å². The van der Waals surface area contributed by atoms with Gasteiger partial charge in [-0.15, -0.1) is 0 Å². The Hall–Kier alpha value is -1.54. The number of hydrogen-bond donors (Lipinski definition) is 0. The zero-order valence-electron chi connectivity index (χ0n) is 16.6. The highest BCUT2D eigenvalue weighted by Gasteiger charge is 2.45. The van der Waals surface area contributed by atoms with E-state index in [1.165, 1.54) is 0 Å². The smallest absolute Gasteiger partial charge is 0.324 e. The summed E-state index contributed by atoms with van der Waals surface area (Å²) in [6.07, 6.45) is 2.75. The number of ketones is 2. The molecule has 2 atom stereocenters. The molecular weight excluding hydrogens is 469 g/mol. The maximum absolute atomic E-state index is 13.0. The van der Waals surface area contributed by atoms with E-state index in [1.807, 2.05) is 31.0 Å². The molecule has 1 aromatic rings. The molecule has 1 aromatic carbocycles. The van der Waals surface area contributed by atoms with Gasteiger partial charge in [-0.1, -0.05) is 31.4 Å². The molecule has 0 saturated carbocycles. The third kappa shape index (κ3) is 4.08. The Kier molecular flexibility index (Phi) is 6.70. The molecule has 1 heterocycles. The van der Waals surface area contributed by atoms with E-state index >= 15 is 0 Å². The largest absolute Gasteiger partial charge is 0.464 e. The number of unbranched alkanes of at least 4 members (excludes halogenated alkanes) is 2. The number of likely N-dealkylation sites (N-methyl/N-ethyl adjacent to an activating group) is 1. The van der Waals surface area contributed by atoms with Gasteiger partial charge in [0.05, 0.1) is 13.0 Å². The van der Waals surface area contributed by atoms with E-state index in [-0.39, 0.29) is 24.0 Å². The van der Waals surface area contributed by atoms with Crippen molar-refractivity contribution >= 4 is 40.1 Å². The van der Waals surface area contributed by atoms with Crippen LogP contribution in [0.15, 0.2) is 29.3 Å². The third-order valence-electron chi connectivity index (χ3n) is 5.55. The van der Waals surface area contributed by atoms with Crippen molar-refractivity contribution in [2.24, 2.45) is 0 Å². The van der Waals surface area contributed by atoms with Crippen molar-refractivity contribution < 1.29 is 19.1 Å². The third-order valence-corrected chi connectivity index (χ3v) is 6.22. The average Bonchev–Trinajstić information content (AvgIpc) is 2.73. The topological polar surface area (TPSA) is 63.7 Å². The van der Waals surface area contributed by atoms with Crippen molar-refractivity contribution in [1.82, 2.24) is 4.90 Å². The van der Waals surface area contributed by atoms with Crippen LogP contribution in [-0.2, 0) is 14.3 Å². The summed E-state index contributed by atoms with van der Waals surface area (Å²) in [5, 5.41) is 0. The lowest BCUT2D eigenvalue weighted by atomic mass is 9.77. The lowest BCUT2D eigenvalue weighted by Crippen LogP contribution is -2.49. The van der Waals surface area contributed by atoms with Crippen LogP contribution in [0, 0.1) is 3.57 Å². The van der Waals surface area contributed by atoms with Crippen molar-refractivity contribution in [2.75, 3.05) is 20.2 Å². The van der Waals surface area contributed by atoms with Gasteiger partial charge >= 0.3 is 5.97 Å². The van der Waals surface area contributed by atoms with Crippen LogP contribution in [0.5, 0.6) is 0 Å². The Labute approximate surface area is 179 Å². The molecule has 0 spiro atoms. The van der Waals surface area contributed by atoms with Gasteiger partial charge in [-0.3, -0.25) is 19.3 Å². The first kappa shape index (κ1) is 21.2. The molecule has 3 rings (SSSR count). The average molecular weight is 495 g/mol. The van der Waals surface area contributed by atoms with Gasteiger partial charge in [0.1, 0.15) is 6.04 Å². The second-order valence-electron chi connectivity index (χ2n) is 7.66. The Morgan fingerprint density at radius 2 is 2.00 bits per heavy atom. The first-order valence-corrected chi connectivity index (χ1v) is 10.8. The van der Waals surface area contributed by atoms with E-state index in [1.54, 1.807) is 6.07 Å². The van der Waals surface area contributed by atoms with Gasteiger partial charge in [-0.25, -0.2) is 0 Å². The summed E-state index contributed by atoms with van der Waals surface area (Å²) in [5.41, 5.74) is 2.84. The predicted molar refractivity (Wildman–Crippen MR) is 115 cm³/mol. The van der Waals surface area contributed by atoms with Gasteiger partial charge < -0.3 is 4.74 Å². The minimum Gasteiger partial charge on any atom is -0.464 e. The highest BCUT2D eigenvalue weighted by atomic mass is 127. The van der Waals surface area contributed by atoms with Crippen LogP contribution >= 0.6 is 22.6 Å². The fourth-order valence-electron chi connectivity index (χ4n) is 4.28. The van der Waals surface area contributed by atoms with E-state index in [4.69, 9.17) is 4.74 Å². The number of benzene rings is 1. The van der Waals surface area contributed by atoms with E-state index < -0.39 is 12.0 Å². The highest BCUT2D eigenvalue weighted by molar-refractivity contribution is 14.1. The molecule has 150 valence electrons. The quantitative estimate of drug-likeness (QED) is 0.269. The lowest BCUT2D eigenvalue weighted by molar-refractivity contribution is -0.150. The fourth-order valence-corrected chi connectivity index (χ4v) is 4.80. The van der Waals surface area contributed by atoms with Crippen LogP contribution in [0.2, 0.25) is 0 Å². The number of fused-ring (bicyclic) bond motifs is 3. The molecule has 1 aliphatic carbocycles. The number of carbonyl (C=O) groups is 3. The number of ether oxygens (including phenoxy) is 1. The van der Waals surface area contributed by atoms with Crippen LogP contribution in [0.4, 0.5) is 0 Å². The summed E-state index contributed by atoms with van der Waals surface area (Å²) in [5.74, 6) is -1.14. The second-order valence-corrected chi connectivity index (χ2v) is 8.91. The van der Waals surface area contributed by atoms with Gasteiger partial charge in [0, 0.05) is 27.2 Å². The van der Waals surface area contributed by atoms with Crippen LogP contribution in [0.25, 0.3) is 0 Å². The molecular formula is C22H26INO4. The minimum atomic E-state index is -0.605. The molecule has 2 aliphatic rings. The van der Waals surface area contributed by atoms with Crippen LogP contribution in [-0.4, -0.2) is 48.7 Å². The molecule has 0 amide bonds. The lowest BCUT2D eigenvalue weighted by Gasteiger charge is -2.39. The number of halogens is 1. The number of rotatable bonds is 5. The van der Waals surface area contributed by atoms with Crippen molar-refractivity contribution in [3.8, 4) is 0 Å². The molecule has 0 bridgehead atoms. The summed E-state index contributed by atoms with van der Waals surface area (Å²) in [4.78, 5) is 40.6. The first-order chi connectivity index (χ1) is 13.3. The van der Waals surface area contributed by atoms with Gasteiger partial charge in [0.25, 0.3) is 0 Å². The van der Waals surface area contributed by atoms with Gasteiger partial charge in [0.15, 0.2) is 11.6 Å². The standard InChI is InChI=1S/C22H26INO4/c1-4-5-6-9-28-22(27)21-20-16-10-14(23)7-8-15(16)17(25)11-18(26)19(20)13(2)12-24(21)3/h7-8,10,20-21H,4-6,9,11-12H2,1-3H3. The minimum absolute atomic E-state index is 0.140. The molecule has 5 nitrogen and oxygen atoms in total. The van der Waals surface area contributed by atoms with E-state index in [2.05, 4.69) is 29.5 Å². The fraction of sp³-hybridized carbons (Fsp3) is 0.500. The van der Waals surface area contributed by atoms with Crippen LogP contribution in [0.3, 0.4) is 0 Å². The van der Waals surface area contributed by atoms with Crippen molar-refractivity contribution in [2.45, 2.75) is 51.5 Å². The molecule has 28 heavy (non-hydrogen) atoms. The monoisotopic (exact) mass is 495 g/mol. The summed E-state index contributed by atoms with van der Waals surface area (Å²) >= 11 is 2.20. The van der Waals surface area contributed by atoms with Gasteiger partial charge in [-0.2, -0.15) is 0 Å². The molecule has 0 radical (unpaired) electrons. The van der Waals surface area contributed by atoms with Crippen molar-refractivity contribution in [3.63, 3.8) is 0 Å². The number of esters is 1.